The molecule has 7 heteroatoms. The van der Waals surface area contributed by atoms with Crippen molar-refractivity contribution in [1.82, 2.24) is 10.9 Å². The molecule has 0 aliphatic rings. The van der Waals surface area contributed by atoms with Gasteiger partial charge in [0.25, 0.3) is 11.8 Å². The molecule has 0 saturated heterocycles. The molecule has 0 aliphatic carbocycles. The fraction of sp³-hybridized carbons (Fsp3) is 0.182. The van der Waals surface area contributed by atoms with Crippen molar-refractivity contribution in [3.63, 3.8) is 0 Å². The summed E-state index contributed by atoms with van der Waals surface area (Å²) in [6.45, 7) is 3.25. The van der Waals surface area contributed by atoms with Crippen LogP contribution in [-0.4, -0.2) is 25.0 Å². The van der Waals surface area contributed by atoms with Crippen molar-refractivity contribution >= 4 is 34.2 Å². The standard InChI is InChI=1S/C22H21ClN2O4/c1-14-9-19(10-15(2)22(14)23)29-13-21(27)25-24-20(26)12-28-18-8-7-16-5-3-4-6-17(16)11-18/h3-11H,12-13H2,1-2H3,(H,24,26)(H,25,27). The Labute approximate surface area is 173 Å². The third kappa shape index (κ3) is 5.62. The lowest BCUT2D eigenvalue weighted by Crippen LogP contribution is -2.45. The number of hydrazine groups is 1. The summed E-state index contributed by atoms with van der Waals surface area (Å²) in [6.07, 6.45) is 0. The van der Waals surface area contributed by atoms with E-state index in [-0.39, 0.29) is 13.2 Å². The molecule has 0 fully saturated rings. The summed E-state index contributed by atoms with van der Waals surface area (Å²) >= 11 is 6.11. The van der Waals surface area contributed by atoms with Crippen LogP contribution in [0.2, 0.25) is 5.02 Å². The maximum atomic E-state index is 11.9. The monoisotopic (exact) mass is 412 g/mol. The molecule has 3 aromatic carbocycles. The first kappa shape index (κ1) is 20.5. The highest BCUT2D eigenvalue weighted by atomic mass is 35.5. The lowest BCUT2D eigenvalue weighted by Gasteiger charge is -2.11. The predicted octanol–water partition coefficient (Wildman–Crippen LogP) is 3.72. The average molecular weight is 413 g/mol. The number of hydrogen-bond acceptors (Lipinski definition) is 4. The van der Waals surface area contributed by atoms with Crippen molar-refractivity contribution in [1.29, 1.82) is 0 Å². The van der Waals surface area contributed by atoms with Gasteiger partial charge in [-0.1, -0.05) is 41.9 Å². The number of benzene rings is 3. The Kier molecular flexibility index (Phi) is 6.57. The molecule has 29 heavy (non-hydrogen) atoms. The van der Waals surface area contributed by atoms with Crippen molar-refractivity contribution in [3.05, 3.63) is 70.7 Å². The van der Waals surface area contributed by atoms with Crippen LogP contribution in [0.1, 0.15) is 11.1 Å². The topological polar surface area (TPSA) is 76.7 Å². The van der Waals surface area contributed by atoms with Gasteiger partial charge in [0.2, 0.25) is 0 Å². The van der Waals surface area contributed by atoms with E-state index in [4.69, 9.17) is 21.1 Å². The molecule has 3 aromatic rings. The van der Waals surface area contributed by atoms with E-state index in [2.05, 4.69) is 10.9 Å². The highest BCUT2D eigenvalue weighted by molar-refractivity contribution is 6.32. The summed E-state index contributed by atoms with van der Waals surface area (Å²) in [7, 11) is 0. The van der Waals surface area contributed by atoms with E-state index in [1.165, 1.54) is 0 Å². The minimum absolute atomic E-state index is 0.227. The summed E-state index contributed by atoms with van der Waals surface area (Å²) < 4.78 is 10.9. The Morgan fingerprint density at radius 1 is 0.793 bits per heavy atom. The molecule has 2 N–H and O–H groups in total. The van der Waals surface area contributed by atoms with E-state index in [1.807, 2.05) is 50.2 Å². The van der Waals surface area contributed by atoms with Crippen molar-refractivity contribution in [3.8, 4) is 11.5 Å². The van der Waals surface area contributed by atoms with E-state index >= 15 is 0 Å². The number of carbonyl (C=O) groups is 2. The van der Waals surface area contributed by atoms with E-state index in [1.54, 1.807) is 18.2 Å². The van der Waals surface area contributed by atoms with Crippen LogP contribution in [0.5, 0.6) is 11.5 Å². The van der Waals surface area contributed by atoms with Gasteiger partial charge in [0, 0.05) is 5.02 Å². The number of carbonyl (C=O) groups excluding carboxylic acids is 2. The fourth-order valence-corrected chi connectivity index (χ4v) is 2.87. The maximum absolute atomic E-state index is 11.9. The first-order valence-electron chi connectivity index (χ1n) is 9.01. The molecule has 150 valence electrons. The van der Waals surface area contributed by atoms with Gasteiger partial charge < -0.3 is 9.47 Å². The van der Waals surface area contributed by atoms with Gasteiger partial charge in [-0.25, -0.2) is 0 Å². The van der Waals surface area contributed by atoms with Gasteiger partial charge in [-0.3, -0.25) is 20.4 Å². The second-order valence-corrected chi connectivity index (χ2v) is 6.93. The number of amides is 2. The van der Waals surface area contributed by atoms with Crippen molar-refractivity contribution in [2.45, 2.75) is 13.8 Å². The van der Waals surface area contributed by atoms with Gasteiger partial charge in [-0.15, -0.1) is 0 Å². The highest BCUT2D eigenvalue weighted by Crippen LogP contribution is 2.25. The maximum Gasteiger partial charge on any atom is 0.276 e. The predicted molar refractivity (Wildman–Crippen MR) is 112 cm³/mol. The number of halogens is 1. The van der Waals surface area contributed by atoms with Crippen LogP contribution in [-0.2, 0) is 9.59 Å². The Hall–Kier alpha value is -3.25. The van der Waals surface area contributed by atoms with E-state index in [0.29, 0.717) is 16.5 Å². The zero-order chi connectivity index (χ0) is 20.8. The number of ether oxygens (including phenoxy) is 2. The summed E-state index contributed by atoms with van der Waals surface area (Å²) in [4.78, 5) is 23.7. The molecular weight excluding hydrogens is 392 g/mol. The Balaban J connectivity index is 1.42. The number of nitrogens with one attached hydrogen (secondary N) is 2. The van der Waals surface area contributed by atoms with Crippen LogP contribution in [0.4, 0.5) is 0 Å². The third-order valence-electron chi connectivity index (χ3n) is 4.21. The van der Waals surface area contributed by atoms with Crippen LogP contribution in [0.25, 0.3) is 10.8 Å². The number of rotatable bonds is 6. The molecule has 0 heterocycles. The smallest absolute Gasteiger partial charge is 0.276 e. The summed E-state index contributed by atoms with van der Waals surface area (Å²) in [6, 6.07) is 16.9. The molecule has 0 aromatic heterocycles. The van der Waals surface area contributed by atoms with Gasteiger partial charge >= 0.3 is 0 Å². The zero-order valence-corrected chi connectivity index (χ0v) is 16.9. The lowest BCUT2D eigenvalue weighted by atomic mass is 10.1. The largest absolute Gasteiger partial charge is 0.484 e. The number of fused-ring (bicyclic) bond motifs is 1. The highest BCUT2D eigenvalue weighted by Gasteiger charge is 2.09. The third-order valence-corrected chi connectivity index (χ3v) is 4.81. The Morgan fingerprint density at radius 3 is 1.97 bits per heavy atom. The molecule has 0 radical (unpaired) electrons. The van der Waals surface area contributed by atoms with E-state index in [0.717, 1.165) is 21.9 Å². The van der Waals surface area contributed by atoms with Gasteiger partial charge in [0.05, 0.1) is 0 Å². The first-order chi connectivity index (χ1) is 13.9. The molecule has 3 rings (SSSR count). The Bertz CT molecular complexity index is 1030. The summed E-state index contributed by atoms with van der Waals surface area (Å²) in [5, 5.41) is 2.77. The molecule has 0 bridgehead atoms. The van der Waals surface area contributed by atoms with Gasteiger partial charge in [0.1, 0.15) is 11.5 Å². The zero-order valence-electron chi connectivity index (χ0n) is 16.1. The van der Waals surface area contributed by atoms with E-state index < -0.39 is 11.8 Å². The molecule has 0 saturated carbocycles. The summed E-state index contributed by atoms with van der Waals surface area (Å²) in [5.74, 6) is 0.131. The lowest BCUT2D eigenvalue weighted by molar-refractivity contribution is -0.131. The Morgan fingerprint density at radius 2 is 1.34 bits per heavy atom. The van der Waals surface area contributed by atoms with Crippen LogP contribution >= 0.6 is 11.6 Å². The van der Waals surface area contributed by atoms with Crippen LogP contribution in [0.15, 0.2) is 54.6 Å². The minimum atomic E-state index is -0.491. The second-order valence-electron chi connectivity index (χ2n) is 6.55. The van der Waals surface area contributed by atoms with Crippen molar-refractivity contribution < 1.29 is 19.1 Å². The SMILES string of the molecule is Cc1cc(OCC(=O)NNC(=O)COc2ccc3ccccc3c2)cc(C)c1Cl. The van der Waals surface area contributed by atoms with E-state index in [9.17, 15) is 9.59 Å². The van der Waals surface area contributed by atoms with Crippen LogP contribution < -0.4 is 20.3 Å². The molecule has 0 aliphatic heterocycles. The second kappa shape index (κ2) is 9.30. The first-order valence-corrected chi connectivity index (χ1v) is 9.39. The molecular formula is C22H21ClN2O4. The molecule has 2 amide bonds. The normalized spacial score (nSPS) is 10.4. The van der Waals surface area contributed by atoms with Gasteiger partial charge in [-0.05, 0) is 60.0 Å². The number of hydrogen-bond donors (Lipinski definition) is 2. The molecule has 6 nitrogen and oxygen atoms in total. The number of aryl methyl sites for hydroxylation is 2. The minimum Gasteiger partial charge on any atom is -0.484 e. The van der Waals surface area contributed by atoms with Crippen molar-refractivity contribution in [2.24, 2.45) is 0 Å². The van der Waals surface area contributed by atoms with Crippen LogP contribution in [0, 0.1) is 13.8 Å². The quantitative estimate of drug-likeness (QED) is 0.605. The fourth-order valence-electron chi connectivity index (χ4n) is 2.76. The van der Waals surface area contributed by atoms with Crippen molar-refractivity contribution in [2.75, 3.05) is 13.2 Å². The summed E-state index contributed by atoms with van der Waals surface area (Å²) in [5.41, 5.74) is 6.31. The molecule has 0 atom stereocenters. The average Bonchev–Trinajstić information content (AvgIpc) is 2.72. The molecule has 0 unspecified atom stereocenters. The van der Waals surface area contributed by atoms with Gasteiger partial charge in [0.15, 0.2) is 13.2 Å². The van der Waals surface area contributed by atoms with Crippen LogP contribution in [0.3, 0.4) is 0 Å². The molecule has 0 spiro atoms. The van der Waals surface area contributed by atoms with Gasteiger partial charge in [-0.2, -0.15) is 0 Å².